The van der Waals surface area contributed by atoms with Crippen LogP contribution < -0.4 is 10.6 Å². The van der Waals surface area contributed by atoms with Crippen molar-refractivity contribution in [2.24, 2.45) is 10.9 Å². The van der Waals surface area contributed by atoms with Crippen molar-refractivity contribution in [1.82, 2.24) is 20.4 Å². The van der Waals surface area contributed by atoms with Crippen LogP contribution in [0.5, 0.6) is 0 Å². The zero-order valence-corrected chi connectivity index (χ0v) is 18.5. The maximum atomic E-state index is 13.3. The lowest BCUT2D eigenvalue weighted by molar-refractivity contribution is -0.134. The molecule has 2 N–H and O–H groups in total. The minimum absolute atomic E-state index is 0.0603. The van der Waals surface area contributed by atoms with Gasteiger partial charge in [0.25, 0.3) is 0 Å². The lowest BCUT2D eigenvalue weighted by atomic mass is 10.1. The van der Waals surface area contributed by atoms with Crippen LogP contribution in [0.15, 0.2) is 29.3 Å². The van der Waals surface area contributed by atoms with Crippen LogP contribution in [0.3, 0.4) is 0 Å². The van der Waals surface area contributed by atoms with E-state index in [0.717, 1.165) is 50.4 Å². The van der Waals surface area contributed by atoms with Crippen LogP contribution in [0.4, 0.5) is 4.39 Å². The first kappa shape index (κ1) is 22.5. The number of carbonyl (C=O) groups excluding carboxylic acids is 1. The molecule has 1 aliphatic carbocycles. The molecule has 0 spiro atoms. The van der Waals surface area contributed by atoms with Gasteiger partial charge in [-0.2, -0.15) is 0 Å². The van der Waals surface area contributed by atoms with E-state index in [1.54, 1.807) is 0 Å². The zero-order valence-electron chi connectivity index (χ0n) is 18.5. The number of carbonyl (C=O) groups is 1. The number of guanidine groups is 1. The second kappa shape index (κ2) is 10.8. The number of hydrogen-bond acceptors (Lipinski definition) is 3. The van der Waals surface area contributed by atoms with Crippen molar-refractivity contribution in [3.8, 4) is 0 Å². The number of amides is 1. The van der Waals surface area contributed by atoms with Crippen molar-refractivity contribution in [3.63, 3.8) is 0 Å². The molecule has 1 aliphatic heterocycles. The molecule has 2 aliphatic rings. The predicted octanol–water partition coefficient (Wildman–Crippen LogP) is 2.77. The molecule has 2 fully saturated rings. The Morgan fingerprint density at radius 2 is 1.93 bits per heavy atom. The molecule has 0 bridgehead atoms. The molecule has 1 aromatic carbocycles. The predicted molar refractivity (Wildman–Crippen MR) is 119 cm³/mol. The van der Waals surface area contributed by atoms with Gasteiger partial charge in [0.2, 0.25) is 5.91 Å². The fourth-order valence-electron chi connectivity index (χ4n) is 4.45. The molecule has 1 amide bonds. The van der Waals surface area contributed by atoms with Crippen molar-refractivity contribution in [1.29, 1.82) is 0 Å². The third-order valence-corrected chi connectivity index (χ3v) is 6.19. The van der Waals surface area contributed by atoms with Crippen LogP contribution >= 0.6 is 0 Å². The van der Waals surface area contributed by atoms with Gasteiger partial charge in [-0.25, -0.2) is 4.39 Å². The third-order valence-electron chi connectivity index (χ3n) is 6.19. The minimum Gasteiger partial charge on any atom is -0.357 e. The van der Waals surface area contributed by atoms with Crippen molar-refractivity contribution in [3.05, 3.63) is 35.6 Å². The number of likely N-dealkylation sites (tertiary alicyclic amines) is 1. The van der Waals surface area contributed by atoms with E-state index >= 15 is 0 Å². The van der Waals surface area contributed by atoms with Gasteiger partial charge in [-0.15, -0.1) is 0 Å². The van der Waals surface area contributed by atoms with E-state index in [0.29, 0.717) is 12.5 Å². The Morgan fingerprint density at radius 1 is 1.23 bits per heavy atom. The van der Waals surface area contributed by atoms with Gasteiger partial charge in [0.05, 0.1) is 12.6 Å². The number of benzene rings is 1. The van der Waals surface area contributed by atoms with Gasteiger partial charge in [-0.3, -0.25) is 9.79 Å². The summed E-state index contributed by atoms with van der Waals surface area (Å²) >= 11 is 0. The van der Waals surface area contributed by atoms with Gasteiger partial charge in [0.1, 0.15) is 5.82 Å². The van der Waals surface area contributed by atoms with Gasteiger partial charge in [0.15, 0.2) is 5.96 Å². The van der Waals surface area contributed by atoms with Crippen molar-refractivity contribution in [2.45, 2.75) is 51.1 Å². The molecule has 6 nitrogen and oxygen atoms in total. The Hall–Kier alpha value is -2.15. The van der Waals surface area contributed by atoms with Crippen molar-refractivity contribution in [2.75, 3.05) is 40.3 Å². The molecule has 166 valence electrons. The number of hydrogen-bond donors (Lipinski definition) is 2. The molecule has 7 heteroatoms. The Morgan fingerprint density at radius 3 is 2.57 bits per heavy atom. The number of rotatable bonds is 7. The monoisotopic (exact) mass is 417 g/mol. The van der Waals surface area contributed by atoms with E-state index in [9.17, 15) is 9.18 Å². The smallest absolute Gasteiger partial charge is 0.225 e. The van der Waals surface area contributed by atoms with Crippen LogP contribution in [0.25, 0.3) is 0 Å². The van der Waals surface area contributed by atoms with E-state index < -0.39 is 0 Å². The second-order valence-electron chi connectivity index (χ2n) is 8.65. The summed E-state index contributed by atoms with van der Waals surface area (Å²) in [6, 6.07) is 6.90. The summed E-state index contributed by atoms with van der Waals surface area (Å²) in [7, 11) is 4.01. The first-order valence-electron chi connectivity index (χ1n) is 11.2. The lowest BCUT2D eigenvalue weighted by Crippen LogP contribution is -2.45. The standard InChI is InChI=1S/C23H36FN5O/c1-4-25-23(26-15-21(28(2)3)17-9-11-19(24)12-10-17)27-20-13-14-29(16-20)22(30)18-7-5-6-8-18/h9-12,18,20-21H,4-8,13-16H2,1-3H3,(H2,25,26,27). The molecular weight excluding hydrogens is 381 g/mol. The average Bonchev–Trinajstić information content (AvgIpc) is 3.41. The molecule has 1 saturated heterocycles. The van der Waals surface area contributed by atoms with Crippen LogP contribution in [-0.4, -0.2) is 68.0 Å². The lowest BCUT2D eigenvalue weighted by Gasteiger charge is -2.24. The molecule has 30 heavy (non-hydrogen) atoms. The highest BCUT2D eigenvalue weighted by molar-refractivity contribution is 5.81. The number of halogens is 1. The van der Waals surface area contributed by atoms with E-state index in [4.69, 9.17) is 4.99 Å². The van der Waals surface area contributed by atoms with E-state index in [-0.39, 0.29) is 23.8 Å². The summed E-state index contributed by atoms with van der Waals surface area (Å²) in [5, 5.41) is 6.83. The minimum atomic E-state index is -0.229. The maximum Gasteiger partial charge on any atom is 0.225 e. The molecule has 1 aromatic rings. The highest BCUT2D eigenvalue weighted by Gasteiger charge is 2.32. The number of likely N-dealkylation sites (N-methyl/N-ethyl adjacent to an activating group) is 1. The van der Waals surface area contributed by atoms with Crippen LogP contribution in [-0.2, 0) is 4.79 Å². The third kappa shape index (κ3) is 5.94. The zero-order chi connectivity index (χ0) is 21.5. The SMILES string of the molecule is CCNC(=NCC(c1ccc(F)cc1)N(C)C)NC1CCN(C(=O)C2CCCC2)C1. The maximum absolute atomic E-state index is 13.3. The quantitative estimate of drug-likeness (QED) is 0.529. The summed E-state index contributed by atoms with van der Waals surface area (Å²) < 4.78 is 13.3. The van der Waals surface area contributed by atoms with E-state index in [1.165, 1.54) is 25.0 Å². The van der Waals surface area contributed by atoms with Crippen molar-refractivity contribution >= 4 is 11.9 Å². The largest absolute Gasteiger partial charge is 0.357 e. The van der Waals surface area contributed by atoms with E-state index in [1.807, 2.05) is 38.1 Å². The van der Waals surface area contributed by atoms with Crippen molar-refractivity contribution < 1.29 is 9.18 Å². The Labute approximate surface area is 179 Å². The summed E-state index contributed by atoms with van der Waals surface area (Å²) in [5.41, 5.74) is 1.04. The van der Waals surface area contributed by atoms with Gasteiger partial charge < -0.3 is 20.4 Å². The highest BCUT2D eigenvalue weighted by atomic mass is 19.1. The van der Waals surface area contributed by atoms with Gasteiger partial charge in [0, 0.05) is 31.6 Å². The number of nitrogens with one attached hydrogen (secondary N) is 2. The Bertz CT molecular complexity index is 715. The summed E-state index contributed by atoms with van der Waals surface area (Å²) in [6.45, 7) is 4.94. The normalized spacial score (nSPS) is 21.3. The summed E-state index contributed by atoms with van der Waals surface area (Å²) in [4.78, 5) is 21.6. The summed E-state index contributed by atoms with van der Waals surface area (Å²) in [5.74, 6) is 1.12. The Kier molecular flexibility index (Phi) is 8.08. The van der Waals surface area contributed by atoms with Gasteiger partial charge in [-0.1, -0.05) is 25.0 Å². The topological polar surface area (TPSA) is 60.0 Å². The fourth-order valence-corrected chi connectivity index (χ4v) is 4.45. The Balaban J connectivity index is 1.59. The number of aliphatic imine (C=N–C) groups is 1. The van der Waals surface area contributed by atoms with E-state index in [2.05, 4.69) is 15.5 Å². The van der Waals surface area contributed by atoms with Gasteiger partial charge >= 0.3 is 0 Å². The van der Waals surface area contributed by atoms with Gasteiger partial charge in [-0.05, 0) is 58.0 Å². The molecule has 0 radical (unpaired) electrons. The molecule has 1 saturated carbocycles. The molecule has 1 heterocycles. The fraction of sp³-hybridized carbons (Fsp3) is 0.652. The first-order valence-corrected chi connectivity index (χ1v) is 11.2. The van der Waals surface area contributed by atoms with Crippen LogP contribution in [0.2, 0.25) is 0 Å². The van der Waals surface area contributed by atoms with Crippen LogP contribution in [0.1, 0.15) is 50.6 Å². The molecular formula is C23H36FN5O. The summed E-state index contributed by atoms with van der Waals surface area (Å²) in [6.07, 6.45) is 5.41. The molecule has 0 aromatic heterocycles. The molecule has 3 rings (SSSR count). The highest BCUT2D eigenvalue weighted by Crippen LogP contribution is 2.28. The first-order chi connectivity index (χ1) is 14.5. The second-order valence-corrected chi connectivity index (χ2v) is 8.65. The molecule has 2 atom stereocenters. The van der Waals surface area contributed by atoms with Crippen LogP contribution in [0, 0.1) is 11.7 Å². The number of nitrogens with zero attached hydrogens (tertiary/aromatic N) is 3. The average molecular weight is 418 g/mol. The molecule has 2 unspecified atom stereocenters.